The summed E-state index contributed by atoms with van der Waals surface area (Å²) in [6, 6.07) is 0. The van der Waals surface area contributed by atoms with Crippen molar-refractivity contribution in [2.75, 3.05) is 0 Å². The van der Waals surface area contributed by atoms with E-state index in [-0.39, 0.29) is 12.3 Å². The molecule has 3 atom stereocenters. The quantitative estimate of drug-likeness (QED) is 0.457. The number of carbonyl (C=O) groups excluding carboxylic acids is 1. The Morgan fingerprint density at radius 1 is 1.08 bits per heavy atom. The second kappa shape index (κ2) is 9.89. The molecule has 0 aromatic rings. The highest BCUT2D eigenvalue weighted by Gasteiger charge is 2.55. The van der Waals surface area contributed by atoms with Crippen LogP contribution in [0.2, 0.25) is 0 Å². The van der Waals surface area contributed by atoms with Gasteiger partial charge in [0.25, 0.3) is 0 Å². The summed E-state index contributed by atoms with van der Waals surface area (Å²) >= 11 is 0. The van der Waals surface area contributed by atoms with Crippen LogP contribution < -0.4 is 0 Å². The van der Waals surface area contributed by atoms with Crippen molar-refractivity contribution in [3.05, 3.63) is 0 Å². The molecule has 138 valence electrons. The Morgan fingerprint density at radius 3 is 2.00 bits per heavy atom. The van der Waals surface area contributed by atoms with Gasteiger partial charge < -0.3 is 20.1 Å². The lowest BCUT2D eigenvalue weighted by Gasteiger charge is -2.34. The van der Waals surface area contributed by atoms with E-state index in [2.05, 4.69) is 0 Å². The average Bonchev–Trinajstić information content (AvgIpc) is 2.45. The zero-order chi connectivity index (χ0) is 18.9. The number of carboxylic acids is 3. The first-order chi connectivity index (χ1) is 11.1. The van der Waals surface area contributed by atoms with Gasteiger partial charge in [-0.15, -0.1) is 0 Å². The lowest BCUT2D eigenvalue weighted by molar-refractivity contribution is -0.194. The molecule has 0 rings (SSSR count). The van der Waals surface area contributed by atoms with E-state index in [1.54, 1.807) is 0 Å². The molecule has 0 amide bonds. The molecule has 0 saturated carbocycles. The second-order valence-electron chi connectivity index (χ2n) is 5.90. The molecule has 0 aliphatic heterocycles. The number of hydrogen-bond donors (Lipinski definition) is 3. The van der Waals surface area contributed by atoms with Crippen molar-refractivity contribution in [2.24, 2.45) is 11.8 Å². The molecular formula is C16H26O8. The average molecular weight is 346 g/mol. The summed E-state index contributed by atoms with van der Waals surface area (Å²) in [5.74, 6) is -7.59. The highest BCUT2D eigenvalue weighted by molar-refractivity contribution is 5.91. The third kappa shape index (κ3) is 6.17. The molecule has 8 nitrogen and oxygen atoms in total. The minimum absolute atomic E-state index is 0.0707. The SMILES string of the molecule is CCCCC(CC)CC(C(=O)O)C(CC(=O)O)(OC(C)=O)C(=O)O. The Balaban J connectivity index is 5.82. The molecule has 24 heavy (non-hydrogen) atoms. The van der Waals surface area contributed by atoms with Crippen LogP contribution in [0.4, 0.5) is 0 Å². The highest BCUT2D eigenvalue weighted by Crippen LogP contribution is 2.35. The smallest absolute Gasteiger partial charge is 0.349 e. The topological polar surface area (TPSA) is 138 Å². The van der Waals surface area contributed by atoms with E-state index in [1.807, 2.05) is 13.8 Å². The number of ether oxygens (including phenoxy) is 1. The van der Waals surface area contributed by atoms with E-state index < -0.39 is 41.8 Å². The number of esters is 1. The van der Waals surface area contributed by atoms with Gasteiger partial charge in [-0.25, -0.2) is 4.79 Å². The molecule has 3 N–H and O–H groups in total. The van der Waals surface area contributed by atoms with E-state index in [0.29, 0.717) is 12.8 Å². The van der Waals surface area contributed by atoms with Gasteiger partial charge in [-0.3, -0.25) is 14.4 Å². The molecule has 0 aromatic heterocycles. The van der Waals surface area contributed by atoms with E-state index >= 15 is 0 Å². The molecule has 0 bridgehead atoms. The van der Waals surface area contributed by atoms with Gasteiger partial charge in [-0.1, -0.05) is 39.5 Å². The Morgan fingerprint density at radius 2 is 1.67 bits per heavy atom. The monoisotopic (exact) mass is 346 g/mol. The number of unbranched alkanes of at least 4 members (excludes halogenated alkanes) is 1. The molecule has 0 saturated heterocycles. The fourth-order valence-electron chi connectivity index (χ4n) is 2.79. The second-order valence-corrected chi connectivity index (χ2v) is 5.90. The molecule has 3 unspecified atom stereocenters. The van der Waals surface area contributed by atoms with Crippen LogP contribution >= 0.6 is 0 Å². The third-order valence-electron chi connectivity index (χ3n) is 4.08. The van der Waals surface area contributed by atoms with E-state index in [4.69, 9.17) is 9.84 Å². The predicted octanol–water partition coefficient (Wildman–Crippen LogP) is 2.15. The third-order valence-corrected chi connectivity index (χ3v) is 4.08. The first-order valence-electron chi connectivity index (χ1n) is 7.98. The van der Waals surface area contributed by atoms with Crippen molar-refractivity contribution in [1.29, 1.82) is 0 Å². The van der Waals surface area contributed by atoms with E-state index in [0.717, 1.165) is 19.8 Å². The maximum absolute atomic E-state index is 11.7. The van der Waals surface area contributed by atoms with Crippen LogP contribution in [0.25, 0.3) is 0 Å². The van der Waals surface area contributed by atoms with Gasteiger partial charge in [0, 0.05) is 6.92 Å². The van der Waals surface area contributed by atoms with Crippen LogP contribution in [0.15, 0.2) is 0 Å². The van der Waals surface area contributed by atoms with Gasteiger partial charge in [0.05, 0.1) is 6.42 Å². The van der Waals surface area contributed by atoms with Gasteiger partial charge in [0.15, 0.2) is 0 Å². The van der Waals surface area contributed by atoms with Crippen LogP contribution in [-0.2, 0) is 23.9 Å². The molecule has 0 aromatic carbocycles. The number of aliphatic carboxylic acids is 3. The highest BCUT2D eigenvalue weighted by atomic mass is 16.6. The standard InChI is InChI=1S/C16H26O8/c1-4-6-7-11(5-2)8-12(14(20)21)16(15(22)23,9-13(18)19)24-10(3)17/h11-12H,4-9H2,1-3H3,(H,18,19)(H,20,21)(H,22,23). The normalized spacial score (nSPS) is 15.8. The van der Waals surface area contributed by atoms with Crippen molar-refractivity contribution < 1.29 is 39.2 Å². The number of carbonyl (C=O) groups is 4. The molecule has 0 fully saturated rings. The largest absolute Gasteiger partial charge is 0.481 e. The van der Waals surface area contributed by atoms with Crippen LogP contribution in [0, 0.1) is 11.8 Å². The van der Waals surface area contributed by atoms with Crippen LogP contribution in [0.5, 0.6) is 0 Å². The van der Waals surface area contributed by atoms with Gasteiger partial charge in [-0.05, 0) is 12.3 Å². The van der Waals surface area contributed by atoms with Gasteiger partial charge in [0.1, 0.15) is 5.92 Å². The van der Waals surface area contributed by atoms with Gasteiger partial charge in [0.2, 0.25) is 5.60 Å². The van der Waals surface area contributed by atoms with E-state index in [1.165, 1.54) is 0 Å². The summed E-state index contributed by atoms with van der Waals surface area (Å²) in [6.07, 6.45) is 1.88. The number of carboxylic acid groups (broad SMARTS) is 3. The molecule has 0 aliphatic carbocycles. The van der Waals surface area contributed by atoms with E-state index in [9.17, 15) is 29.4 Å². The first kappa shape index (κ1) is 21.9. The molecule has 0 radical (unpaired) electrons. The summed E-state index contributed by atoms with van der Waals surface area (Å²) in [7, 11) is 0. The first-order valence-corrected chi connectivity index (χ1v) is 7.98. The Kier molecular flexibility index (Phi) is 9.02. The number of hydrogen-bond acceptors (Lipinski definition) is 5. The maximum atomic E-state index is 11.7. The Hall–Kier alpha value is -2.12. The minimum atomic E-state index is -2.62. The van der Waals surface area contributed by atoms with Crippen molar-refractivity contribution in [2.45, 2.75) is 64.9 Å². The number of rotatable bonds is 12. The fraction of sp³-hybridized carbons (Fsp3) is 0.750. The Labute approximate surface area is 140 Å². The maximum Gasteiger partial charge on any atom is 0.349 e. The molecule has 8 heteroatoms. The zero-order valence-corrected chi connectivity index (χ0v) is 14.3. The summed E-state index contributed by atoms with van der Waals surface area (Å²) < 4.78 is 4.78. The summed E-state index contributed by atoms with van der Waals surface area (Å²) in [5.41, 5.74) is -2.62. The van der Waals surface area contributed by atoms with Crippen LogP contribution in [0.3, 0.4) is 0 Å². The van der Waals surface area contributed by atoms with Crippen molar-refractivity contribution in [3.8, 4) is 0 Å². The zero-order valence-electron chi connectivity index (χ0n) is 14.3. The molecule has 0 aliphatic rings. The van der Waals surface area contributed by atoms with Gasteiger partial charge >= 0.3 is 23.9 Å². The fourth-order valence-corrected chi connectivity index (χ4v) is 2.79. The molecular weight excluding hydrogens is 320 g/mol. The molecule has 0 heterocycles. The van der Waals surface area contributed by atoms with Crippen LogP contribution in [-0.4, -0.2) is 44.8 Å². The lowest BCUT2D eigenvalue weighted by atomic mass is 9.76. The predicted molar refractivity (Wildman–Crippen MR) is 83.4 cm³/mol. The van der Waals surface area contributed by atoms with Crippen molar-refractivity contribution in [3.63, 3.8) is 0 Å². The summed E-state index contributed by atoms with van der Waals surface area (Å²) in [4.78, 5) is 45.8. The molecule has 0 spiro atoms. The van der Waals surface area contributed by atoms with Crippen LogP contribution in [0.1, 0.15) is 59.3 Å². The van der Waals surface area contributed by atoms with Gasteiger partial charge in [-0.2, -0.15) is 0 Å². The Bertz CT molecular complexity index is 455. The summed E-state index contributed by atoms with van der Waals surface area (Å²) in [6.45, 7) is 4.75. The van der Waals surface area contributed by atoms with Crippen molar-refractivity contribution >= 4 is 23.9 Å². The van der Waals surface area contributed by atoms with Crippen molar-refractivity contribution in [1.82, 2.24) is 0 Å². The lowest BCUT2D eigenvalue weighted by Crippen LogP contribution is -2.54. The summed E-state index contributed by atoms with van der Waals surface area (Å²) in [5, 5.41) is 28.0. The minimum Gasteiger partial charge on any atom is -0.481 e.